The Morgan fingerprint density at radius 1 is 1.00 bits per heavy atom. The monoisotopic (exact) mass is 446 g/mol. The van der Waals surface area contributed by atoms with E-state index in [2.05, 4.69) is 4.72 Å². The van der Waals surface area contributed by atoms with Gasteiger partial charge in [-0.3, -0.25) is 0 Å². The van der Waals surface area contributed by atoms with Crippen molar-refractivity contribution in [3.05, 3.63) is 54.1 Å². The summed E-state index contributed by atoms with van der Waals surface area (Å²) in [6.07, 6.45) is 0.439. The average Bonchev–Trinajstić information content (AvgIpc) is 2.68. The van der Waals surface area contributed by atoms with E-state index in [0.717, 1.165) is 12.1 Å². The molecule has 0 unspecified atom stereocenters. The van der Waals surface area contributed by atoms with Crippen molar-refractivity contribution < 1.29 is 30.4 Å². The fraction of sp³-hybridized carbons (Fsp3) is 0.333. The van der Waals surface area contributed by atoms with Gasteiger partial charge in [0, 0.05) is 25.2 Å². The van der Waals surface area contributed by atoms with Gasteiger partial charge in [0.15, 0.2) is 0 Å². The van der Waals surface area contributed by atoms with E-state index in [1.807, 2.05) is 0 Å². The molecule has 158 valence electrons. The molecule has 1 heterocycles. The van der Waals surface area contributed by atoms with Gasteiger partial charge in [0.25, 0.3) is 0 Å². The minimum absolute atomic E-state index is 0.105. The Bertz CT molecular complexity index is 1080. The van der Waals surface area contributed by atoms with Crippen LogP contribution in [-0.2, 0) is 20.0 Å². The second-order valence-corrected chi connectivity index (χ2v) is 10.2. The molecule has 1 aliphatic heterocycles. The lowest BCUT2D eigenvalue weighted by atomic mass is 10.1. The van der Waals surface area contributed by atoms with E-state index in [9.17, 15) is 25.6 Å². The number of ether oxygens (including phenoxy) is 1. The minimum Gasteiger partial charge on any atom is -0.497 e. The van der Waals surface area contributed by atoms with E-state index in [1.165, 1.54) is 23.5 Å². The van der Waals surface area contributed by atoms with Gasteiger partial charge in [0.1, 0.15) is 22.3 Å². The summed E-state index contributed by atoms with van der Waals surface area (Å²) in [6.45, 7) is 0.209. The molecule has 0 aromatic heterocycles. The molecule has 0 saturated carbocycles. The van der Waals surface area contributed by atoms with E-state index in [4.69, 9.17) is 4.74 Å². The minimum atomic E-state index is -4.19. The van der Waals surface area contributed by atoms with Gasteiger partial charge < -0.3 is 4.74 Å². The van der Waals surface area contributed by atoms with Crippen LogP contribution in [0.2, 0.25) is 0 Å². The summed E-state index contributed by atoms with van der Waals surface area (Å²) in [5.41, 5.74) is 0. The molecule has 1 saturated heterocycles. The molecule has 0 atom stereocenters. The van der Waals surface area contributed by atoms with Crippen molar-refractivity contribution in [2.24, 2.45) is 0 Å². The highest BCUT2D eigenvalue weighted by Crippen LogP contribution is 2.24. The normalized spacial score (nSPS) is 16.7. The van der Waals surface area contributed by atoms with Crippen molar-refractivity contribution in [2.45, 2.75) is 28.7 Å². The van der Waals surface area contributed by atoms with Gasteiger partial charge in [-0.2, -0.15) is 4.31 Å². The number of benzene rings is 2. The van der Waals surface area contributed by atoms with Crippen LogP contribution in [0.25, 0.3) is 0 Å². The fourth-order valence-electron chi connectivity index (χ4n) is 3.09. The highest BCUT2D eigenvalue weighted by Gasteiger charge is 2.32. The lowest BCUT2D eigenvalue weighted by Crippen LogP contribution is -2.46. The Kier molecular flexibility index (Phi) is 6.22. The number of nitrogens with one attached hydrogen (secondary N) is 1. The van der Waals surface area contributed by atoms with Crippen LogP contribution >= 0.6 is 0 Å². The van der Waals surface area contributed by atoms with E-state index >= 15 is 0 Å². The van der Waals surface area contributed by atoms with Crippen LogP contribution in [0.15, 0.2) is 52.3 Å². The van der Waals surface area contributed by atoms with Crippen LogP contribution in [0.3, 0.4) is 0 Å². The summed E-state index contributed by atoms with van der Waals surface area (Å²) in [5, 5.41) is 0. The van der Waals surface area contributed by atoms with Crippen LogP contribution in [0.4, 0.5) is 8.78 Å². The van der Waals surface area contributed by atoms with Gasteiger partial charge >= 0.3 is 0 Å². The molecule has 7 nitrogen and oxygen atoms in total. The van der Waals surface area contributed by atoms with Crippen LogP contribution in [-0.4, -0.2) is 47.4 Å². The first-order valence-corrected chi connectivity index (χ1v) is 11.7. The number of nitrogens with zero attached hydrogens (tertiary/aromatic N) is 1. The first-order chi connectivity index (χ1) is 13.6. The molecule has 0 bridgehead atoms. The number of hydrogen-bond donors (Lipinski definition) is 1. The molecule has 0 radical (unpaired) electrons. The molecule has 2 aromatic carbocycles. The molecule has 1 fully saturated rings. The molecular weight excluding hydrogens is 426 g/mol. The maximum atomic E-state index is 13.8. The van der Waals surface area contributed by atoms with Gasteiger partial charge in [0.2, 0.25) is 20.0 Å². The van der Waals surface area contributed by atoms with Crippen molar-refractivity contribution >= 4 is 20.0 Å². The SMILES string of the molecule is COc1ccc(S(=O)(=O)N2CCC(NS(=O)(=O)c3ccc(F)cc3F)CC2)cc1. The third kappa shape index (κ3) is 4.74. The summed E-state index contributed by atoms with van der Waals surface area (Å²) >= 11 is 0. The molecule has 29 heavy (non-hydrogen) atoms. The Labute approximate surface area is 168 Å². The van der Waals surface area contributed by atoms with Crippen molar-refractivity contribution in [1.82, 2.24) is 9.03 Å². The Balaban J connectivity index is 1.66. The van der Waals surface area contributed by atoms with Crippen LogP contribution in [0, 0.1) is 11.6 Å². The highest BCUT2D eigenvalue weighted by molar-refractivity contribution is 7.89. The lowest BCUT2D eigenvalue weighted by molar-refractivity contribution is 0.308. The Morgan fingerprint density at radius 3 is 2.17 bits per heavy atom. The summed E-state index contributed by atoms with van der Waals surface area (Å²) in [4.78, 5) is -0.530. The predicted octanol–water partition coefficient (Wildman–Crippen LogP) is 2.10. The smallest absolute Gasteiger partial charge is 0.243 e. The molecule has 0 aliphatic carbocycles. The fourth-order valence-corrected chi connectivity index (χ4v) is 5.92. The Morgan fingerprint density at radius 2 is 1.62 bits per heavy atom. The van der Waals surface area contributed by atoms with E-state index in [0.29, 0.717) is 11.8 Å². The molecule has 1 aliphatic rings. The van der Waals surface area contributed by atoms with Crippen LogP contribution in [0.1, 0.15) is 12.8 Å². The molecule has 0 spiro atoms. The van der Waals surface area contributed by atoms with E-state index < -0.39 is 42.6 Å². The van der Waals surface area contributed by atoms with Gasteiger partial charge in [-0.25, -0.2) is 30.3 Å². The maximum absolute atomic E-state index is 13.8. The van der Waals surface area contributed by atoms with Gasteiger partial charge in [-0.15, -0.1) is 0 Å². The van der Waals surface area contributed by atoms with E-state index in [1.54, 1.807) is 12.1 Å². The molecular formula is C18H20F2N2O5S2. The average molecular weight is 446 g/mol. The molecule has 11 heteroatoms. The van der Waals surface area contributed by atoms with E-state index in [-0.39, 0.29) is 30.8 Å². The first-order valence-electron chi connectivity index (χ1n) is 8.75. The number of rotatable bonds is 6. The second kappa shape index (κ2) is 8.34. The summed E-state index contributed by atoms with van der Waals surface area (Å²) in [6, 6.07) is 7.64. The topological polar surface area (TPSA) is 92.8 Å². The predicted molar refractivity (Wildman–Crippen MR) is 101 cm³/mol. The first kappa shape index (κ1) is 21.6. The third-order valence-electron chi connectivity index (χ3n) is 4.66. The van der Waals surface area contributed by atoms with Gasteiger partial charge in [-0.1, -0.05) is 0 Å². The van der Waals surface area contributed by atoms with Gasteiger partial charge in [0.05, 0.1) is 12.0 Å². The van der Waals surface area contributed by atoms with Crippen molar-refractivity contribution in [1.29, 1.82) is 0 Å². The summed E-state index contributed by atoms with van der Waals surface area (Å²) in [7, 11) is -6.43. The number of halogens is 2. The quantitative estimate of drug-likeness (QED) is 0.734. The van der Waals surface area contributed by atoms with Crippen LogP contribution in [0.5, 0.6) is 5.75 Å². The number of hydrogen-bond acceptors (Lipinski definition) is 5. The second-order valence-electron chi connectivity index (χ2n) is 6.55. The highest BCUT2D eigenvalue weighted by atomic mass is 32.2. The molecule has 0 amide bonds. The van der Waals surface area contributed by atoms with Crippen molar-refractivity contribution in [3.8, 4) is 5.75 Å². The summed E-state index contributed by atoms with van der Waals surface area (Å²) < 4.78 is 85.7. The van der Waals surface area contributed by atoms with Crippen LogP contribution < -0.4 is 9.46 Å². The zero-order valence-corrected chi connectivity index (χ0v) is 17.1. The number of sulfonamides is 2. The zero-order chi connectivity index (χ0) is 21.2. The lowest BCUT2D eigenvalue weighted by Gasteiger charge is -2.31. The van der Waals surface area contributed by atoms with Crippen molar-refractivity contribution in [3.63, 3.8) is 0 Å². The number of methoxy groups -OCH3 is 1. The maximum Gasteiger partial charge on any atom is 0.243 e. The molecule has 3 rings (SSSR count). The zero-order valence-electron chi connectivity index (χ0n) is 15.5. The van der Waals surface area contributed by atoms with Gasteiger partial charge in [-0.05, 0) is 49.2 Å². The largest absolute Gasteiger partial charge is 0.497 e. The Hall–Kier alpha value is -2.08. The standard InChI is InChI=1S/C18H20F2N2O5S2/c1-27-15-3-5-16(6-4-15)29(25,26)22-10-8-14(9-11-22)21-28(23,24)18-7-2-13(19)12-17(18)20/h2-7,12,14,21H,8-11H2,1H3. The third-order valence-corrected chi connectivity index (χ3v) is 8.12. The summed E-state index contributed by atoms with van der Waals surface area (Å²) in [5.74, 6) is -1.53. The number of piperidine rings is 1. The molecule has 2 aromatic rings. The van der Waals surface area contributed by atoms with Crippen molar-refractivity contribution in [2.75, 3.05) is 20.2 Å². The molecule has 1 N–H and O–H groups in total.